The van der Waals surface area contributed by atoms with Crippen LogP contribution < -0.4 is 10.1 Å². The summed E-state index contributed by atoms with van der Waals surface area (Å²) >= 11 is 0. The second-order valence-corrected chi connectivity index (χ2v) is 5.39. The van der Waals surface area contributed by atoms with Crippen LogP contribution in [0.5, 0.6) is 5.75 Å². The summed E-state index contributed by atoms with van der Waals surface area (Å²) in [6.07, 6.45) is 0. The number of pyridine rings is 1. The highest BCUT2D eigenvalue weighted by Crippen LogP contribution is 2.33. The van der Waals surface area contributed by atoms with Crippen molar-refractivity contribution in [2.45, 2.75) is 6.92 Å². The maximum atomic E-state index is 11.5. The van der Waals surface area contributed by atoms with Crippen molar-refractivity contribution in [3.05, 3.63) is 54.1 Å². The number of rotatable bonds is 1. The first kappa shape index (κ1) is 15.3. The van der Waals surface area contributed by atoms with Crippen molar-refractivity contribution in [1.82, 2.24) is 4.98 Å². The smallest absolute Gasteiger partial charge is 0.262 e. The average Bonchev–Trinajstić information content (AvgIpc) is 2.54. The number of ether oxygens (including phenoxy) is 1. The van der Waals surface area contributed by atoms with E-state index in [9.17, 15) is 4.79 Å². The normalized spacial score (nSPS) is 12.8. The molecule has 4 rings (SSSR count). The third-order valence-corrected chi connectivity index (χ3v) is 3.83. The van der Waals surface area contributed by atoms with E-state index in [0.717, 1.165) is 22.2 Å². The maximum Gasteiger partial charge on any atom is 0.262 e. The lowest BCUT2D eigenvalue weighted by molar-refractivity contribution is -0.118. The molecule has 23 heavy (non-hydrogen) atoms. The molecule has 1 amide bonds. The number of aryl methyl sites for hydroxylation is 1. The number of aromatic nitrogens is 1. The lowest BCUT2D eigenvalue weighted by atomic mass is 10.0. The van der Waals surface area contributed by atoms with Gasteiger partial charge < -0.3 is 10.1 Å². The molecule has 2 aromatic carbocycles. The Hall–Kier alpha value is -2.59. The van der Waals surface area contributed by atoms with Crippen LogP contribution in [-0.2, 0) is 4.79 Å². The van der Waals surface area contributed by atoms with E-state index < -0.39 is 0 Å². The lowest BCUT2D eigenvalue weighted by Gasteiger charge is -2.18. The van der Waals surface area contributed by atoms with Gasteiger partial charge in [0.1, 0.15) is 5.75 Å². The molecular weight excluding hydrogens is 312 g/mol. The van der Waals surface area contributed by atoms with Crippen LogP contribution in [0.3, 0.4) is 0 Å². The molecule has 0 bridgehead atoms. The van der Waals surface area contributed by atoms with Gasteiger partial charge >= 0.3 is 0 Å². The molecule has 0 unspecified atom stereocenters. The van der Waals surface area contributed by atoms with E-state index in [4.69, 9.17) is 9.72 Å². The molecule has 1 aliphatic rings. The minimum atomic E-state index is -0.132. The number of anilines is 1. The van der Waals surface area contributed by atoms with Crippen LogP contribution >= 0.6 is 12.4 Å². The van der Waals surface area contributed by atoms with Crippen LogP contribution in [0.25, 0.3) is 22.2 Å². The average molecular weight is 327 g/mol. The fourth-order valence-electron chi connectivity index (χ4n) is 2.74. The lowest BCUT2D eigenvalue weighted by Crippen LogP contribution is -2.25. The van der Waals surface area contributed by atoms with E-state index in [1.807, 2.05) is 36.4 Å². The van der Waals surface area contributed by atoms with E-state index in [2.05, 4.69) is 24.4 Å². The highest BCUT2D eigenvalue weighted by Gasteiger charge is 2.16. The van der Waals surface area contributed by atoms with Crippen molar-refractivity contribution in [2.24, 2.45) is 0 Å². The second-order valence-electron chi connectivity index (χ2n) is 5.39. The Morgan fingerprint density at radius 2 is 1.96 bits per heavy atom. The highest BCUT2D eigenvalue weighted by atomic mass is 35.5. The summed E-state index contributed by atoms with van der Waals surface area (Å²) < 4.78 is 5.39. The van der Waals surface area contributed by atoms with Gasteiger partial charge in [0.05, 0.1) is 16.9 Å². The number of amides is 1. The molecule has 4 nitrogen and oxygen atoms in total. The molecule has 0 spiro atoms. The first-order chi connectivity index (χ1) is 10.7. The van der Waals surface area contributed by atoms with Gasteiger partial charge in [-0.2, -0.15) is 0 Å². The number of halogens is 1. The molecule has 1 N–H and O–H groups in total. The van der Waals surface area contributed by atoms with Crippen molar-refractivity contribution >= 4 is 34.9 Å². The van der Waals surface area contributed by atoms with Crippen LogP contribution in [-0.4, -0.2) is 17.5 Å². The van der Waals surface area contributed by atoms with Crippen molar-refractivity contribution in [3.8, 4) is 17.0 Å². The Kier molecular flexibility index (Phi) is 3.92. The molecule has 0 fully saturated rings. The molecule has 0 saturated carbocycles. The summed E-state index contributed by atoms with van der Waals surface area (Å²) in [6, 6.07) is 15.9. The molecule has 3 aromatic rings. The Labute approximate surface area is 139 Å². The summed E-state index contributed by atoms with van der Waals surface area (Å²) in [5.41, 5.74) is 4.69. The minimum Gasteiger partial charge on any atom is -0.482 e. The van der Waals surface area contributed by atoms with Crippen molar-refractivity contribution in [1.29, 1.82) is 0 Å². The van der Waals surface area contributed by atoms with Gasteiger partial charge in [-0.3, -0.25) is 4.79 Å². The number of nitrogens with zero attached hydrogens (tertiary/aromatic N) is 1. The van der Waals surface area contributed by atoms with E-state index in [1.54, 1.807) is 0 Å². The van der Waals surface area contributed by atoms with Crippen LogP contribution in [0.4, 0.5) is 5.69 Å². The molecule has 1 aromatic heterocycles. The predicted molar refractivity (Wildman–Crippen MR) is 93.3 cm³/mol. The van der Waals surface area contributed by atoms with Gasteiger partial charge in [0, 0.05) is 10.9 Å². The van der Waals surface area contributed by atoms with E-state index in [0.29, 0.717) is 11.4 Å². The fourth-order valence-corrected chi connectivity index (χ4v) is 2.74. The molecule has 5 heteroatoms. The highest BCUT2D eigenvalue weighted by molar-refractivity contribution is 5.96. The number of carbonyl (C=O) groups is 1. The zero-order chi connectivity index (χ0) is 15.1. The molecule has 0 radical (unpaired) electrons. The van der Waals surface area contributed by atoms with Gasteiger partial charge in [0.2, 0.25) is 0 Å². The van der Waals surface area contributed by atoms with Crippen molar-refractivity contribution < 1.29 is 9.53 Å². The zero-order valence-electron chi connectivity index (χ0n) is 12.5. The number of fused-ring (bicyclic) bond motifs is 2. The number of para-hydroxylation sites is 1. The first-order valence-corrected chi connectivity index (χ1v) is 7.14. The topological polar surface area (TPSA) is 51.2 Å². The quantitative estimate of drug-likeness (QED) is 0.736. The minimum absolute atomic E-state index is 0. The van der Waals surface area contributed by atoms with E-state index in [-0.39, 0.29) is 24.9 Å². The van der Waals surface area contributed by atoms with Gasteiger partial charge in [0.25, 0.3) is 5.91 Å². The van der Waals surface area contributed by atoms with Crippen LogP contribution in [0, 0.1) is 6.92 Å². The molecular formula is C18H15ClN2O2. The summed E-state index contributed by atoms with van der Waals surface area (Å²) in [5.74, 6) is 0.563. The monoisotopic (exact) mass is 326 g/mol. The number of hydrogen-bond donors (Lipinski definition) is 1. The van der Waals surface area contributed by atoms with Gasteiger partial charge in [-0.15, -0.1) is 12.4 Å². The molecule has 0 aliphatic carbocycles. The van der Waals surface area contributed by atoms with Crippen LogP contribution in [0.15, 0.2) is 48.5 Å². The predicted octanol–water partition coefficient (Wildman–Crippen LogP) is 3.96. The van der Waals surface area contributed by atoms with Crippen molar-refractivity contribution in [2.75, 3.05) is 11.9 Å². The second kappa shape index (κ2) is 5.89. The Balaban J connectivity index is 0.00000156. The third-order valence-electron chi connectivity index (χ3n) is 3.83. The van der Waals surface area contributed by atoms with E-state index in [1.165, 1.54) is 5.56 Å². The number of nitrogens with one attached hydrogen (secondary N) is 1. The van der Waals surface area contributed by atoms with Gasteiger partial charge in [-0.05, 0) is 42.8 Å². The van der Waals surface area contributed by atoms with Gasteiger partial charge in [-0.25, -0.2) is 4.98 Å². The summed E-state index contributed by atoms with van der Waals surface area (Å²) in [5, 5.41) is 3.98. The Morgan fingerprint density at radius 3 is 2.83 bits per heavy atom. The van der Waals surface area contributed by atoms with Crippen LogP contribution in [0.1, 0.15) is 5.56 Å². The zero-order valence-corrected chi connectivity index (χ0v) is 13.3. The van der Waals surface area contributed by atoms with Crippen LogP contribution in [0.2, 0.25) is 0 Å². The van der Waals surface area contributed by atoms with Gasteiger partial charge in [-0.1, -0.05) is 18.2 Å². The fraction of sp³-hybridized carbons (Fsp3) is 0.111. The van der Waals surface area contributed by atoms with Gasteiger partial charge in [0.15, 0.2) is 6.61 Å². The van der Waals surface area contributed by atoms with E-state index >= 15 is 0 Å². The first-order valence-electron chi connectivity index (χ1n) is 7.14. The SMILES string of the molecule is Cc1cc(-c2ccc3c(c2)NC(=O)CO3)nc2ccccc12.Cl. The number of benzene rings is 2. The standard InChI is InChI=1S/C18H14N2O2.ClH/c1-11-8-15(19-14-5-3-2-4-13(11)14)12-6-7-17-16(9-12)20-18(21)10-22-17;/h2-9H,10H2,1H3,(H,20,21);1H. The number of hydrogen-bond acceptors (Lipinski definition) is 3. The molecule has 2 heterocycles. The molecule has 0 saturated heterocycles. The molecule has 1 aliphatic heterocycles. The summed E-state index contributed by atoms with van der Waals surface area (Å²) in [7, 11) is 0. The number of carbonyl (C=O) groups excluding carboxylic acids is 1. The summed E-state index contributed by atoms with van der Waals surface area (Å²) in [4.78, 5) is 16.2. The van der Waals surface area contributed by atoms with Crippen molar-refractivity contribution in [3.63, 3.8) is 0 Å². The Bertz CT molecular complexity index is 909. The molecule has 116 valence electrons. The third kappa shape index (κ3) is 2.73. The summed E-state index contributed by atoms with van der Waals surface area (Å²) in [6.45, 7) is 2.15. The molecule has 0 atom stereocenters. The largest absolute Gasteiger partial charge is 0.482 e. The Morgan fingerprint density at radius 1 is 1.13 bits per heavy atom. The maximum absolute atomic E-state index is 11.5.